The number of aromatic nitrogens is 1. The van der Waals surface area contributed by atoms with Gasteiger partial charge in [-0.15, -0.1) is 0 Å². The highest BCUT2D eigenvalue weighted by Gasteiger charge is 2.45. The molecule has 1 atom stereocenters. The third-order valence-corrected chi connectivity index (χ3v) is 6.36. The van der Waals surface area contributed by atoms with Crippen molar-refractivity contribution in [3.8, 4) is 11.5 Å². The SMILES string of the molecule is COc1ccc2c(c1)C1(C)c3[nH]c4ccc(OC)cc4c3CCN1CC2. The van der Waals surface area contributed by atoms with Crippen molar-refractivity contribution in [1.82, 2.24) is 9.88 Å². The van der Waals surface area contributed by atoms with Crippen LogP contribution in [0.3, 0.4) is 0 Å². The summed E-state index contributed by atoms with van der Waals surface area (Å²) in [4.78, 5) is 6.36. The Bertz CT molecular complexity index is 1010. The molecule has 3 heterocycles. The first-order valence-electron chi connectivity index (χ1n) is 9.26. The monoisotopic (exact) mass is 348 g/mol. The second kappa shape index (κ2) is 5.52. The van der Waals surface area contributed by atoms with Crippen LogP contribution in [0.25, 0.3) is 10.9 Å². The summed E-state index contributed by atoms with van der Waals surface area (Å²) in [5, 5.41) is 1.29. The normalized spacial score (nSPS) is 21.8. The molecule has 0 saturated carbocycles. The molecule has 1 aromatic heterocycles. The third kappa shape index (κ3) is 1.99. The molecule has 0 saturated heterocycles. The standard InChI is InChI=1S/C22H24N2O2/c1-22-19-13-16(26-3)5-4-14(19)8-10-24(22)11-9-17-18-12-15(25-2)6-7-20(18)23-21(17)22/h4-7,12-13,23H,8-11H2,1-3H3. The van der Waals surface area contributed by atoms with Crippen molar-refractivity contribution in [3.05, 3.63) is 58.8 Å². The molecular formula is C22H24N2O2. The number of methoxy groups -OCH3 is 2. The fourth-order valence-corrected chi connectivity index (χ4v) is 4.91. The highest BCUT2D eigenvalue weighted by atomic mass is 16.5. The van der Waals surface area contributed by atoms with Crippen molar-refractivity contribution in [2.24, 2.45) is 0 Å². The number of aromatic amines is 1. The van der Waals surface area contributed by atoms with E-state index in [1.165, 1.54) is 33.3 Å². The molecule has 2 aliphatic heterocycles. The molecule has 26 heavy (non-hydrogen) atoms. The number of H-pyrrole nitrogens is 1. The number of rotatable bonds is 2. The van der Waals surface area contributed by atoms with Gasteiger partial charge < -0.3 is 14.5 Å². The highest BCUT2D eigenvalue weighted by molar-refractivity contribution is 5.87. The van der Waals surface area contributed by atoms with E-state index in [1.54, 1.807) is 14.2 Å². The van der Waals surface area contributed by atoms with Crippen molar-refractivity contribution in [2.45, 2.75) is 25.3 Å². The summed E-state index contributed by atoms with van der Waals surface area (Å²) in [7, 11) is 3.47. The van der Waals surface area contributed by atoms with E-state index in [0.29, 0.717) is 0 Å². The maximum Gasteiger partial charge on any atom is 0.119 e. The van der Waals surface area contributed by atoms with Crippen LogP contribution in [-0.2, 0) is 18.4 Å². The molecule has 4 heteroatoms. The van der Waals surface area contributed by atoms with E-state index in [1.807, 2.05) is 6.07 Å². The van der Waals surface area contributed by atoms with Gasteiger partial charge in [-0.1, -0.05) is 6.07 Å². The van der Waals surface area contributed by atoms with Crippen molar-refractivity contribution in [2.75, 3.05) is 27.3 Å². The van der Waals surface area contributed by atoms with Gasteiger partial charge in [0.15, 0.2) is 0 Å². The second-order valence-electron chi connectivity index (χ2n) is 7.47. The summed E-state index contributed by atoms with van der Waals surface area (Å²) in [6.07, 6.45) is 2.16. The number of nitrogens with one attached hydrogen (secondary N) is 1. The summed E-state index contributed by atoms with van der Waals surface area (Å²) in [6.45, 7) is 4.52. The lowest BCUT2D eigenvalue weighted by Crippen LogP contribution is -2.53. The Hall–Kier alpha value is -2.46. The minimum Gasteiger partial charge on any atom is -0.497 e. The summed E-state index contributed by atoms with van der Waals surface area (Å²) in [6, 6.07) is 12.9. The smallest absolute Gasteiger partial charge is 0.119 e. The molecule has 0 aliphatic carbocycles. The lowest BCUT2D eigenvalue weighted by atomic mass is 9.75. The van der Waals surface area contributed by atoms with Crippen LogP contribution < -0.4 is 9.47 Å². The molecule has 3 aromatic rings. The van der Waals surface area contributed by atoms with Gasteiger partial charge in [0.05, 0.1) is 19.8 Å². The second-order valence-corrected chi connectivity index (χ2v) is 7.47. The first kappa shape index (κ1) is 15.8. The molecule has 1 unspecified atom stereocenters. The Kier molecular flexibility index (Phi) is 3.35. The van der Waals surface area contributed by atoms with Gasteiger partial charge in [0.2, 0.25) is 0 Å². The van der Waals surface area contributed by atoms with Crippen molar-refractivity contribution < 1.29 is 9.47 Å². The predicted octanol–water partition coefficient (Wildman–Crippen LogP) is 3.86. The number of nitrogens with zero attached hydrogens (tertiary/aromatic N) is 1. The minimum absolute atomic E-state index is 0.151. The van der Waals surface area contributed by atoms with Gasteiger partial charge >= 0.3 is 0 Å². The van der Waals surface area contributed by atoms with Gasteiger partial charge in [0, 0.05) is 29.7 Å². The van der Waals surface area contributed by atoms with Crippen LogP contribution in [0.2, 0.25) is 0 Å². The number of ether oxygens (including phenoxy) is 2. The predicted molar refractivity (Wildman–Crippen MR) is 103 cm³/mol. The molecular weight excluding hydrogens is 324 g/mol. The summed E-state index contributed by atoms with van der Waals surface area (Å²) >= 11 is 0. The zero-order valence-corrected chi connectivity index (χ0v) is 15.6. The zero-order valence-electron chi connectivity index (χ0n) is 15.6. The Morgan fingerprint density at radius 2 is 1.69 bits per heavy atom. The fraction of sp³-hybridized carbons (Fsp3) is 0.364. The van der Waals surface area contributed by atoms with Crippen LogP contribution >= 0.6 is 0 Å². The first-order valence-corrected chi connectivity index (χ1v) is 9.26. The van der Waals surface area contributed by atoms with Crippen LogP contribution in [0.15, 0.2) is 36.4 Å². The molecule has 0 radical (unpaired) electrons. The molecule has 1 N–H and O–H groups in total. The third-order valence-electron chi connectivity index (χ3n) is 6.36. The lowest BCUT2D eigenvalue weighted by molar-refractivity contribution is 0.111. The van der Waals surface area contributed by atoms with E-state index in [0.717, 1.165) is 37.4 Å². The number of hydrogen-bond acceptors (Lipinski definition) is 3. The Labute approximate surface area is 153 Å². The summed E-state index contributed by atoms with van der Waals surface area (Å²) in [5.41, 5.74) is 6.57. The van der Waals surface area contributed by atoms with Crippen LogP contribution in [0.4, 0.5) is 0 Å². The van der Waals surface area contributed by atoms with Gasteiger partial charge in [0.1, 0.15) is 11.5 Å². The van der Waals surface area contributed by atoms with E-state index in [9.17, 15) is 0 Å². The van der Waals surface area contributed by atoms with Crippen LogP contribution in [0.5, 0.6) is 11.5 Å². The van der Waals surface area contributed by atoms with Gasteiger partial charge in [0.25, 0.3) is 0 Å². The molecule has 2 aliphatic rings. The zero-order chi connectivity index (χ0) is 17.9. The van der Waals surface area contributed by atoms with E-state index in [2.05, 4.69) is 47.1 Å². The number of fused-ring (bicyclic) bond motifs is 7. The molecule has 0 spiro atoms. The maximum atomic E-state index is 5.54. The van der Waals surface area contributed by atoms with Gasteiger partial charge in [-0.25, -0.2) is 0 Å². The van der Waals surface area contributed by atoms with Crippen LogP contribution in [0.1, 0.15) is 29.3 Å². The quantitative estimate of drug-likeness (QED) is 0.764. The first-order chi connectivity index (χ1) is 12.6. The molecule has 0 amide bonds. The summed E-state index contributed by atoms with van der Waals surface area (Å²) < 4.78 is 11.0. The molecule has 0 bridgehead atoms. The Morgan fingerprint density at radius 1 is 0.962 bits per heavy atom. The highest BCUT2D eigenvalue weighted by Crippen LogP contribution is 2.47. The van der Waals surface area contributed by atoms with Gasteiger partial charge in [-0.05, 0) is 66.8 Å². The Morgan fingerprint density at radius 3 is 2.50 bits per heavy atom. The minimum atomic E-state index is -0.151. The van der Waals surface area contributed by atoms with Crippen molar-refractivity contribution in [3.63, 3.8) is 0 Å². The number of hydrogen-bond donors (Lipinski definition) is 1. The van der Waals surface area contributed by atoms with Gasteiger partial charge in [-0.3, -0.25) is 4.90 Å². The molecule has 2 aromatic carbocycles. The van der Waals surface area contributed by atoms with Gasteiger partial charge in [-0.2, -0.15) is 0 Å². The average molecular weight is 348 g/mol. The van der Waals surface area contributed by atoms with E-state index >= 15 is 0 Å². The lowest BCUT2D eigenvalue weighted by Gasteiger charge is -2.49. The van der Waals surface area contributed by atoms with Crippen molar-refractivity contribution >= 4 is 10.9 Å². The van der Waals surface area contributed by atoms with E-state index in [4.69, 9.17) is 9.47 Å². The molecule has 0 fully saturated rings. The van der Waals surface area contributed by atoms with E-state index < -0.39 is 0 Å². The molecule has 134 valence electrons. The average Bonchev–Trinajstić information content (AvgIpc) is 3.06. The fourth-order valence-electron chi connectivity index (χ4n) is 4.91. The molecule has 5 rings (SSSR count). The van der Waals surface area contributed by atoms with E-state index in [-0.39, 0.29) is 5.54 Å². The number of benzene rings is 2. The van der Waals surface area contributed by atoms with Crippen molar-refractivity contribution in [1.29, 1.82) is 0 Å². The largest absolute Gasteiger partial charge is 0.497 e. The topological polar surface area (TPSA) is 37.5 Å². The van der Waals surface area contributed by atoms with Crippen LogP contribution in [0, 0.1) is 0 Å². The summed E-state index contributed by atoms with van der Waals surface area (Å²) in [5.74, 6) is 1.84. The van der Waals surface area contributed by atoms with Crippen LogP contribution in [-0.4, -0.2) is 37.2 Å². The Balaban J connectivity index is 1.78. The maximum absolute atomic E-state index is 5.54. The molecule has 4 nitrogen and oxygen atoms in total.